The average molecular weight is 426 g/mol. The zero-order valence-electron chi connectivity index (χ0n) is 18.5. The van der Waals surface area contributed by atoms with E-state index >= 15 is 0 Å². The molecule has 0 aliphatic carbocycles. The molecule has 1 unspecified atom stereocenters. The van der Waals surface area contributed by atoms with E-state index in [0.29, 0.717) is 13.2 Å². The summed E-state index contributed by atoms with van der Waals surface area (Å²) in [6, 6.07) is 9.84. The number of nitrogens with one attached hydrogen (secondary N) is 1. The molecule has 3 heterocycles. The summed E-state index contributed by atoms with van der Waals surface area (Å²) in [5.41, 5.74) is 0.770. The third-order valence-electron chi connectivity index (χ3n) is 6.54. The quantitative estimate of drug-likeness (QED) is 0.720. The van der Waals surface area contributed by atoms with Crippen LogP contribution in [0.3, 0.4) is 0 Å². The van der Waals surface area contributed by atoms with Gasteiger partial charge in [0.2, 0.25) is 0 Å². The number of hydrogen-bond donors (Lipinski definition) is 1. The van der Waals surface area contributed by atoms with Crippen LogP contribution in [0, 0.1) is 0 Å². The number of piperidine rings is 1. The molecule has 1 aromatic carbocycles. The van der Waals surface area contributed by atoms with Gasteiger partial charge in [0.15, 0.2) is 0 Å². The van der Waals surface area contributed by atoms with E-state index in [9.17, 15) is 14.4 Å². The van der Waals surface area contributed by atoms with Crippen molar-refractivity contribution in [3.63, 3.8) is 0 Å². The van der Waals surface area contributed by atoms with E-state index in [1.54, 1.807) is 10.6 Å². The number of carbonyl (C=O) groups is 2. The Hall–Kier alpha value is -2.67. The van der Waals surface area contributed by atoms with Gasteiger partial charge < -0.3 is 14.6 Å². The van der Waals surface area contributed by atoms with Crippen molar-refractivity contribution in [2.24, 2.45) is 0 Å². The van der Waals surface area contributed by atoms with Crippen LogP contribution in [0.2, 0.25) is 0 Å². The summed E-state index contributed by atoms with van der Waals surface area (Å²) in [5.74, 6) is -0.499. The minimum atomic E-state index is -0.312. The molecule has 166 valence electrons. The monoisotopic (exact) mass is 425 g/mol. The Morgan fingerprint density at radius 1 is 1.16 bits per heavy atom. The highest BCUT2D eigenvalue weighted by atomic mass is 16.5. The Kier molecular flexibility index (Phi) is 6.14. The maximum atomic E-state index is 13.1. The second kappa shape index (κ2) is 8.83. The Labute approximate surface area is 182 Å². The summed E-state index contributed by atoms with van der Waals surface area (Å²) < 4.78 is 6.80. The van der Waals surface area contributed by atoms with E-state index < -0.39 is 0 Å². The summed E-state index contributed by atoms with van der Waals surface area (Å²) in [6.45, 7) is 6.42. The summed E-state index contributed by atoms with van der Waals surface area (Å²) in [4.78, 5) is 40.4. The lowest BCUT2D eigenvalue weighted by Crippen LogP contribution is -2.52. The van der Waals surface area contributed by atoms with Crippen LogP contribution in [-0.4, -0.2) is 52.6 Å². The Morgan fingerprint density at radius 3 is 2.48 bits per heavy atom. The molecule has 7 nitrogen and oxygen atoms in total. The van der Waals surface area contributed by atoms with Crippen molar-refractivity contribution in [3.05, 3.63) is 46.2 Å². The Balaban J connectivity index is 1.51. The van der Waals surface area contributed by atoms with Gasteiger partial charge in [-0.25, -0.2) is 0 Å². The fourth-order valence-electron chi connectivity index (χ4n) is 5.23. The standard InChI is InChI=1S/C24H31N3O4/c1-4-31-22(28)14-26-18-9-10-19(26)13-17(12-18)25-23(29)20-11-16-7-5-6-8-21(16)27(15(2)3)24(20)30/h5-8,11,15,17-19H,4,9-10,12-14H2,1-3H3,(H,25,29)/t17?,18-,19+. The summed E-state index contributed by atoms with van der Waals surface area (Å²) >= 11 is 0. The fourth-order valence-corrected chi connectivity index (χ4v) is 5.23. The molecule has 3 atom stereocenters. The molecule has 1 amide bonds. The van der Waals surface area contributed by atoms with Gasteiger partial charge in [-0.1, -0.05) is 18.2 Å². The van der Waals surface area contributed by atoms with Crippen molar-refractivity contribution in [2.75, 3.05) is 13.2 Å². The molecule has 31 heavy (non-hydrogen) atoms. The summed E-state index contributed by atoms with van der Waals surface area (Å²) in [6.07, 6.45) is 3.61. The van der Waals surface area contributed by atoms with E-state index in [4.69, 9.17) is 4.74 Å². The molecule has 1 aromatic heterocycles. The lowest BCUT2D eigenvalue weighted by atomic mass is 9.97. The molecular weight excluding hydrogens is 394 g/mol. The van der Waals surface area contributed by atoms with E-state index in [0.717, 1.165) is 36.6 Å². The van der Waals surface area contributed by atoms with Crippen LogP contribution in [0.15, 0.2) is 35.1 Å². The highest BCUT2D eigenvalue weighted by Gasteiger charge is 2.42. The predicted molar refractivity (Wildman–Crippen MR) is 119 cm³/mol. The molecule has 1 N–H and O–H groups in total. The van der Waals surface area contributed by atoms with Crippen LogP contribution < -0.4 is 10.9 Å². The predicted octanol–water partition coefficient (Wildman–Crippen LogP) is 2.87. The number of rotatable bonds is 6. The number of pyridine rings is 1. The average Bonchev–Trinajstić information content (AvgIpc) is 2.95. The van der Waals surface area contributed by atoms with E-state index in [1.165, 1.54) is 0 Å². The summed E-state index contributed by atoms with van der Waals surface area (Å²) in [7, 11) is 0. The van der Waals surface area contributed by atoms with Crippen molar-refractivity contribution >= 4 is 22.8 Å². The third kappa shape index (κ3) is 4.24. The molecule has 7 heteroatoms. The van der Waals surface area contributed by atoms with Gasteiger partial charge in [0.25, 0.3) is 11.5 Å². The lowest BCUT2D eigenvalue weighted by molar-refractivity contribution is -0.145. The maximum absolute atomic E-state index is 13.1. The second-order valence-corrected chi connectivity index (χ2v) is 8.89. The number of hydrogen-bond acceptors (Lipinski definition) is 5. The van der Waals surface area contributed by atoms with Crippen LogP contribution in [0.25, 0.3) is 10.9 Å². The second-order valence-electron chi connectivity index (χ2n) is 8.89. The first-order valence-electron chi connectivity index (χ1n) is 11.3. The third-order valence-corrected chi connectivity index (χ3v) is 6.54. The van der Waals surface area contributed by atoms with Crippen LogP contribution in [0.5, 0.6) is 0 Å². The van der Waals surface area contributed by atoms with Crippen LogP contribution in [0.1, 0.15) is 62.9 Å². The molecular formula is C24H31N3O4. The van der Waals surface area contributed by atoms with Gasteiger partial charge in [-0.05, 0) is 64.0 Å². The van der Waals surface area contributed by atoms with Crippen molar-refractivity contribution < 1.29 is 14.3 Å². The molecule has 2 fully saturated rings. The number of fused-ring (bicyclic) bond motifs is 3. The minimum absolute atomic E-state index is 0.00168. The van der Waals surface area contributed by atoms with Gasteiger partial charge in [-0.15, -0.1) is 0 Å². The van der Waals surface area contributed by atoms with Crippen LogP contribution in [-0.2, 0) is 9.53 Å². The molecule has 2 bridgehead atoms. The molecule has 4 rings (SSSR count). The van der Waals surface area contributed by atoms with Gasteiger partial charge >= 0.3 is 5.97 Å². The van der Waals surface area contributed by atoms with Gasteiger partial charge in [0.1, 0.15) is 5.56 Å². The minimum Gasteiger partial charge on any atom is -0.465 e. The van der Waals surface area contributed by atoms with E-state index in [1.807, 2.05) is 45.0 Å². The van der Waals surface area contributed by atoms with Gasteiger partial charge in [-0.2, -0.15) is 0 Å². The Morgan fingerprint density at radius 2 is 1.84 bits per heavy atom. The molecule has 2 aromatic rings. The number of amides is 1. The number of aromatic nitrogens is 1. The first-order chi connectivity index (χ1) is 14.9. The largest absolute Gasteiger partial charge is 0.465 e. The normalized spacial score (nSPS) is 23.3. The SMILES string of the molecule is CCOC(=O)CN1[C@@H]2CC[C@H]1CC(NC(=O)c1cc3ccccc3n(C(C)C)c1=O)C2. The molecule has 2 aliphatic heterocycles. The fraction of sp³-hybridized carbons (Fsp3) is 0.542. The van der Waals surface area contributed by atoms with E-state index in [-0.39, 0.29) is 47.2 Å². The number of para-hydroxylation sites is 1. The number of carbonyl (C=O) groups excluding carboxylic acids is 2. The zero-order valence-corrected chi connectivity index (χ0v) is 18.5. The van der Waals surface area contributed by atoms with Crippen molar-refractivity contribution in [3.8, 4) is 0 Å². The number of esters is 1. The van der Waals surface area contributed by atoms with Gasteiger partial charge in [0.05, 0.1) is 18.7 Å². The first-order valence-corrected chi connectivity index (χ1v) is 11.3. The first kappa shape index (κ1) is 21.6. The highest BCUT2D eigenvalue weighted by molar-refractivity contribution is 5.97. The molecule has 2 saturated heterocycles. The zero-order chi connectivity index (χ0) is 22.1. The van der Waals surface area contributed by atoms with Crippen molar-refractivity contribution in [1.82, 2.24) is 14.8 Å². The molecule has 0 spiro atoms. The van der Waals surface area contributed by atoms with Crippen LogP contribution in [0.4, 0.5) is 0 Å². The Bertz CT molecular complexity index is 1030. The number of ether oxygens (including phenoxy) is 1. The molecule has 0 saturated carbocycles. The van der Waals surface area contributed by atoms with E-state index in [2.05, 4.69) is 10.2 Å². The smallest absolute Gasteiger partial charge is 0.320 e. The van der Waals surface area contributed by atoms with Crippen LogP contribution >= 0.6 is 0 Å². The van der Waals surface area contributed by atoms with Gasteiger partial charge in [-0.3, -0.25) is 19.3 Å². The summed E-state index contributed by atoms with van der Waals surface area (Å²) in [5, 5.41) is 3.99. The molecule has 0 radical (unpaired) electrons. The topological polar surface area (TPSA) is 80.6 Å². The lowest BCUT2D eigenvalue weighted by Gasteiger charge is -2.38. The maximum Gasteiger partial charge on any atom is 0.320 e. The van der Waals surface area contributed by atoms with Gasteiger partial charge in [0, 0.05) is 24.2 Å². The van der Waals surface area contributed by atoms with Crippen molar-refractivity contribution in [2.45, 2.75) is 70.6 Å². The highest BCUT2D eigenvalue weighted by Crippen LogP contribution is 2.35. The number of nitrogens with zero attached hydrogens (tertiary/aromatic N) is 2. The number of benzene rings is 1. The van der Waals surface area contributed by atoms with Crippen molar-refractivity contribution in [1.29, 1.82) is 0 Å². The molecule has 2 aliphatic rings.